The fourth-order valence-electron chi connectivity index (χ4n) is 3.28. The highest BCUT2D eigenvalue weighted by molar-refractivity contribution is 7.90. The number of oxazole rings is 1. The minimum absolute atomic E-state index is 0.175. The molecule has 1 aromatic heterocycles. The van der Waals surface area contributed by atoms with Crippen LogP contribution < -0.4 is 4.74 Å². The molecule has 0 radical (unpaired) electrons. The van der Waals surface area contributed by atoms with Crippen molar-refractivity contribution in [3.05, 3.63) is 65.5 Å². The summed E-state index contributed by atoms with van der Waals surface area (Å²) in [6.07, 6.45) is 1.43. The molecule has 3 rings (SSSR count). The summed E-state index contributed by atoms with van der Waals surface area (Å²) >= 11 is 0. The lowest BCUT2D eigenvalue weighted by molar-refractivity contribution is -0.139. The van der Waals surface area contributed by atoms with Crippen LogP contribution in [0.4, 0.5) is 0 Å². The van der Waals surface area contributed by atoms with Gasteiger partial charge in [0.05, 0.1) is 10.6 Å². The summed E-state index contributed by atoms with van der Waals surface area (Å²) < 4.78 is 34.8. The largest absolute Gasteiger partial charge is 0.487 e. The highest BCUT2D eigenvalue weighted by Gasteiger charge is 2.22. The molecule has 9 nitrogen and oxygen atoms in total. The monoisotopic (exact) mass is 500 g/mol. The van der Waals surface area contributed by atoms with Gasteiger partial charge in [-0.15, -0.1) is 0 Å². The predicted molar refractivity (Wildman–Crippen MR) is 130 cm³/mol. The van der Waals surface area contributed by atoms with Crippen LogP contribution in [0.5, 0.6) is 5.75 Å². The standard InChI is InChI=1S/C25H28N2O7S/c1-5-33-27-16(2)22(25(28)29)14-18-6-10-20(11-7-18)32-15-23-17(3)34-24(26-23)19-8-12-21(13-9-19)35(4,30)31/h6-13,22H,5,14-15H2,1-4H3,(H,28,29)/b27-16-. The second-order valence-electron chi connectivity index (χ2n) is 8.00. The van der Waals surface area contributed by atoms with E-state index in [0.29, 0.717) is 41.0 Å². The second-order valence-corrected chi connectivity index (χ2v) is 10.0. The average molecular weight is 501 g/mol. The molecule has 0 aliphatic carbocycles. The predicted octanol–water partition coefficient (Wildman–Crippen LogP) is 4.29. The molecular weight excluding hydrogens is 472 g/mol. The smallest absolute Gasteiger partial charge is 0.312 e. The Bertz CT molecular complexity index is 1290. The molecule has 186 valence electrons. The fraction of sp³-hybridized carbons (Fsp3) is 0.320. The molecule has 35 heavy (non-hydrogen) atoms. The van der Waals surface area contributed by atoms with Gasteiger partial charge < -0.3 is 19.1 Å². The molecule has 0 fully saturated rings. The molecule has 1 unspecified atom stereocenters. The zero-order chi connectivity index (χ0) is 25.6. The number of nitrogens with zero attached hydrogens (tertiary/aromatic N) is 2. The van der Waals surface area contributed by atoms with Crippen molar-refractivity contribution in [2.75, 3.05) is 12.9 Å². The molecule has 0 spiro atoms. The van der Waals surface area contributed by atoms with Crippen LogP contribution in [0, 0.1) is 12.8 Å². The number of carboxylic acid groups (broad SMARTS) is 1. The highest BCUT2D eigenvalue weighted by Crippen LogP contribution is 2.24. The number of ether oxygens (including phenoxy) is 1. The summed E-state index contributed by atoms with van der Waals surface area (Å²) in [4.78, 5) is 21.3. The number of carbonyl (C=O) groups is 1. The Kier molecular flexibility index (Phi) is 8.29. The van der Waals surface area contributed by atoms with Gasteiger partial charge in [0.1, 0.15) is 36.3 Å². The van der Waals surface area contributed by atoms with Gasteiger partial charge in [-0.05, 0) is 69.2 Å². The maximum absolute atomic E-state index is 11.6. The van der Waals surface area contributed by atoms with E-state index in [1.54, 1.807) is 45.0 Å². The summed E-state index contributed by atoms with van der Waals surface area (Å²) in [5.41, 5.74) is 2.51. The van der Waals surface area contributed by atoms with Crippen LogP contribution in [-0.2, 0) is 32.5 Å². The molecule has 3 aromatic rings. The SMILES string of the molecule is CCO/N=C(/C)C(Cc1ccc(OCc2nc(-c3ccc(S(C)(=O)=O)cc3)oc2C)cc1)C(=O)O. The molecule has 0 aliphatic heterocycles. The van der Waals surface area contributed by atoms with Gasteiger partial charge in [0.15, 0.2) is 9.84 Å². The maximum Gasteiger partial charge on any atom is 0.312 e. The van der Waals surface area contributed by atoms with Gasteiger partial charge in [-0.3, -0.25) is 4.79 Å². The first-order valence-electron chi connectivity index (χ1n) is 11.0. The van der Waals surface area contributed by atoms with E-state index in [9.17, 15) is 18.3 Å². The highest BCUT2D eigenvalue weighted by atomic mass is 32.2. The van der Waals surface area contributed by atoms with E-state index in [4.69, 9.17) is 14.0 Å². The topological polar surface area (TPSA) is 128 Å². The van der Waals surface area contributed by atoms with E-state index in [1.807, 2.05) is 12.1 Å². The lowest BCUT2D eigenvalue weighted by Gasteiger charge is -2.12. The number of sulfone groups is 1. The zero-order valence-corrected chi connectivity index (χ0v) is 20.8. The number of aliphatic carboxylic acids is 1. The minimum atomic E-state index is -3.28. The first kappa shape index (κ1) is 26.0. The van der Waals surface area contributed by atoms with Crippen molar-refractivity contribution in [2.24, 2.45) is 11.1 Å². The van der Waals surface area contributed by atoms with Crippen LogP contribution in [0.3, 0.4) is 0 Å². The van der Waals surface area contributed by atoms with Gasteiger partial charge in [0.2, 0.25) is 5.89 Å². The van der Waals surface area contributed by atoms with Crippen molar-refractivity contribution in [3.63, 3.8) is 0 Å². The van der Waals surface area contributed by atoms with E-state index in [2.05, 4.69) is 10.1 Å². The van der Waals surface area contributed by atoms with Crippen molar-refractivity contribution >= 4 is 21.5 Å². The summed E-state index contributed by atoms with van der Waals surface area (Å²) in [5.74, 6) is -0.176. The number of carboxylic acids is 1. The van der Waals surface area contributed by atoms with E-state index >= 15 is 0 Å². The minimum Gasteiger partial charge on any atom is -0.487 e. The third kappa shape index (κ3) is 6.92. The Hall–Kier alpha value is -3.66. The fourth-order valence-corrected chi connectivity index (χ4v) is 3.91. The number of rotatable bonds is 11. The molecule has 10 heteroatoms. The van der Waals surface area contributed by atoms with Gasteiger partial charge in [-0.1, -0.05) is 17.3 Å². The number of aryl methyl sites for hydroxylation is 1. The van der Waals surface area contributed by atoms with Crippen molar-refractivity contribution in [1.29, 1.82) is 0 Å². The van der Waals surface area contributed by atoms with Crippen LogP contribution in [0.15, 0.2) is 63.0 Å². The van der Waals surface area contributed by atoms with Crippen LogP contribution in [-0.4, -0.2) is 43.1 Å². The third-order valence-electron chi connectivity index (χ3n) is 5.30. The Morgan fingerprint density at radius 1 is 1.14 bits per heavy atom. The number of hydrogen-bond acceptors (Lipinski definition) is 8. The summed E-state index contributed by atoms with van der Waals surface area (Å²) in [6, 6.07) is 13.5. The first-order valence-corrected chi connectivity index (χ1v) is 12.9. The van der Waals surface area contributed by atoms with Crippen LogP contribution in [0.25, 0.3) is 11.5 Å². The Balaban J connectivity index is 1.64. The first-order chi connectivity index (χ1) is 16.6. The van der Waals surface area contributed by atoms with Crippen LogP contribution >= 0.6 is 0 Å². The van der Waals surface area contributed by atoms with Crippen molar-refractivity contribution in [3.8, 4) is 17.2 Å². The molecule has 0 saturated heterocycles. The number of oxime groups is 1. The quantitative estimate of drug-likeness (QED) is 0.305. The van der Waals surface area contributed by atoms with Gasteiger partial charge in [-0.25, -0.2) is 13.4 Å². The van der Waals surface area contributed by atoms with Gasteiger partial charge >= 0.3 is 5.97 Å². The van der Waals surface area contributed by atoms with Crippen LogP contribution in [0.1, 0.15) is 30.9 Å². The lowest BCUT2D eigenvalue weighted by atomic mass is 9.95. The molecule has 2 aromatic carbocycles. The molecule has 1 atom stereocenters. The molecule has 1 heterocycles. The third-order valence-corrected chi connectivity index (χ3v) is 6.43. The molecule has 0 amide bonds. The van der Waals surface area contributed by atoms with Crippen molar-refractivity contribution < 1.29 is 32.3 Å². The molecular formula is C25H28N2O7S. The van der Waals surface area contributed by atoms with E-state index in [0.717, 1.165) is 11.8 Å². The Morgan fingerprint density at radius 2 is 1.80 bits per heavy atom. The Morgan fingerprint density at radius 3 is 2.37 bits per heavy atom. The van der Waals surface area contributed by atoms with E-state index in [1.165, 1.54) is 12.1 Å². The number of aromatic nitrogens is 1. The van der Waals surface area contributed by atoms with Gasteiger partial charge in [-0.2, -0.15) is 0 Å². The van der Waals surface area contributed by atoms with E-state index < -0.39 is 21.7 Å². The van der Waals surface area contributed by atoms with E-state index in [-0.39, 0.29) is 17.9 Å². The van der Waals surface area contributed by atoms with Gasteiger partial charge in [0.25, 0.3) is 0 Å². The van der Waals surface area contributed by atoms with Gasteiger partial charge in [0, 0.05) is 11.8 Å². The second kappa shape index (κ2) is 11.2. The zero-order valence-electron chi connectivity index (χ0n) is 20.0. The lowest BCUT2D eigenvalue weighted by Crippen LogP contribution is -2.24. The summed E-state index contributed by atoms with van der Waals surface area (Å²) in [6.45, 7) is 5.75. The van der Waals surface area contributed by atoms with Crippen molar-refractivity contribution in [2.45, 2.75) is 38.7 Å². The summed E-state index contributed by atoms with van der Waals surface area (Å²) in [7, 11) is -3.28. The number of hydrogen-bond donors (Lipinski definition) is 1. The van der Waals surface area contributed by atoms with Crippen molar-refractivity contribution in [1.82, 2.24) is 4.98 Å². The molecule has 1 N–H and O–H groups in total. The average Bonchev–Trinajstić information content (AvgIpc) is 3.20. The summed E-state index contributed by atoms with van der Waals surface area (Å²) in [5, 5.41) is 13.4. The maximum atomic E-state index is 11.6. The molecule has 0 bridgehead atoms. The number of benzene rings is 2. The molecule has 0 saturated carbocycles. The van der Waals surface area contributed by atoms with Crippen LogP contribution in [0.2, 0.25) is 0 Å². The Labute approximate surface area is 204 Å². The molecule has 0 aliphatic rings. The normalized spacial score (nSPS) is 12.9.